The standard InChI is InChI=1S/C21H29N/c1-3-4-10-18-13-8-9-14-20(18)17-21(15-16-22-2)19-11-6-5-7-12-19/h5-9,11-14,21-22H,3-4,10,15-17H2,1-2H3. The van der Waals surface area contributed by atoms with E-state index in [0.29, 0.717) is 5.92 Å². The van der Waals surface area contributed by atoms with Crippen molar-refractivity contribution in [3.8, 4) is 0 Å². The van der Waals surface area contributed by atoms with Gasteiger partial charge in [0.25, 0.3) is 0 Å². The van der Waals surface area contributed by atoms with Crippen molar-refractivity contribution in [2.75, 3.05) is 13.6 Å². The summed E-state index contributed by atoms with van der Waals surface area (Å²) in [4.78, 5) is 0. The minimum atomic E-state index is 0.594. The molecule has 0 heterocycles. The van der Waals surface area contributed by atoms with Crippen molar-refractivity contribution in [1.29, 1.82) is 0 Å². The van der Waals surface area contributed by atoms with E-state index in [2.05, 4.69) is 66.8 Å². The lowest BCUT2D eigenvalue weighted by atomic mass is 9.87. The number of rotatable bonds is 9. The molecule has 0 spiro atoms. The Balaban J connectivity index is 2.16. The van der Waals surface area contributed by atoms with E-state index in [1.165, 1.54) is 42.4 Å². The number of aryl methyl sites for hydroxylation is 1. The average molecular weight is 295 g/mol. The highest BCUT2D eigenvalue weighted by atomic mass is 14.8. The highest BCUT2D eigenvalue weighted by Crippen LogP contribution is 2.26. The van der Waals surface area contributed by atoms with Crippen LogP contribution in [0.1, 0.15) is 48.8 Å². The molecule has 1 N–H and O–H groups in total. The fourth-order valence-corrected chi connectivity index (χ4v) is 3.06. The molecule has 1 atom stereocenters. The van der Waals surface area contributed by atoms with E-state index in [9.17, 15) is 0 Å². The van der Waals surface area contributed by atoms with Crippen LogP contribution in [0.15, 0.2) is 54.6 Å². The summed E-state index contributed by atoms with van der Waals surface area (Å²) in [5.74, 6) is 0.594. The summed E-state index contributed by atoms with van der Waals surface area (Å²) in [6, 6.07) is 20.0. The number of benzene rings is 2. The topological polar surface area (TPSA) is 12.0 Å². The lowest BCUT2D eigenvalue weighted by Gasteiger charge is -2.19. The van der Waals surface area contributed by atoms with Gasteiger partial charge in [-0.25, -0.2) is 0 Å². The fourth-order valence-electron chi connectivity index (χ4n) is 3.06. The molecular formula is C21H29N. The van der Waals surface area contributed by atoms with Crippen molar-refractivity contribution in [2.24, 2.45) is 0 Å². The largest absolute Gasteiger partial charge is 0.320 e. The van der Waals surface area contributed by atoms with Crippen LogP contribution >= 0.6 is 0 Å². The van der Waals surface area contributed by atoms with E-state index in [1.807, 2.05) is 7.05 Å². The maximum atomic E-state index is 3.30. The molecule has 1 heteroatoms. The molecule has 0 aliphatic rings. The zero-order valence-electron chi connectivity index (χ0n) is 14.0. The lowest BCUT2D eigenvalue weighted by molar-refractivity contribution is 0.590. The summed E-state index contributed by atoms with van der Waals surface area (Å²) in [5, 5.41) is 3.30. The zero-order chi connectivity index (χ0) is 15.6. The molecule has 22 heavy (non-hydrogen) atoms. The minimum absolute atomic E-state index is 0.594. The van der Waals surface area contributed by atoms with Gasteiger partial charge in [-0.1, -0.05) is 67.9 Å². The predicted molar refractivity (Wildman–Crippen MR) is 96.5 cm³/mol. The van der Waals surface area contributed by atoms with E-state index in [1.54, 1.807) is 0 Å². The Hall–Kier alpha value is -1.60. The van der Waals surface area contributed by atoms with Crippen molar-refractivity contribution in [1.82, 2.24) is 5.32 Å². The van der Waals surface area contributed by atoms with Crippen LogP contribution in [-0.2, 0) is 12.8 Å². The number of hydrogen-bond donors (Lipinski definition) is 1. The lowest BCUT2D eigenvalue weighted by Crippen LogP contribution is -2.14. The van der Waals surface area contributed by atoms with Crippen LogP contribution in [0.25, 0.3) is 0 Å². The number of hydrogen-bond acceptors (Lipinski definition) is 1. The highest BCUT2D eigenvalue weighted by molar-refractivity contribution is 5.30. The molecule has 2 aromatic rings. The quantitative estimate of drug-likeness (QED) is 0.689. The summed E-state index contributed by atoms with van der Waals surface area (Å²) in [6.07, 6.45) is 6.08. The Morgan fingerprint density at radius 3 is 2.27 bits per heavy atom. The van der Waals surface area contributed by atoms with Gasteiger partial charge in [0, 0.05) is 0 Å². The summed E-state index contributed by atoms with van der Waals surface area (Å²) in [7, 11) is 2.04. The van der Waals surface area contributed by atoms with Crippen molar-refractivity contribution in [3.63, 3.8) is 0 Å². The van der Waals surface area contributed by atoms with Crippen LogP contribution in [0.3, 0.4) is 0 Å². The molecule has 0 saturated heterocycles. The summed E-state index contributed by atoms with van der Waals surface area (Å²) in [6.45, 7) is 3.33. The Morgan fingerprint density at radius 2 is 1.59 bits per heavy atom. The second-order valence-electron chi connectivity index (χ2n) is 6.08. The Labute approximate surface area is 135 Å². The number of nitrogens with one attached hydrogen (secondary N) is 1. The molecule has 0 saturated carbocycles. The number of unbranched alkanes of at least 4 members (excludes halogenated alkanes) is 1. The van der Waals surface area contributed by atoms with Gasteiger partial charge in [-0.05, 0) is 61.9 Å². The predicted octanol–water partition coefficient (Wildman–Crippen LogP) is 4.97. The summed E-state index contributed by atoms with van der Waals surface area (Å²) >= 11 is 0. The smallest absolute Gasteiger partial charge is 0.00460 e. The molecular weight excluding hydrogens is 266 g/mol. The van der Waals surface area contributed by atoms with Gasteiger partial charge in [-0.15, -0.1) is 0 Å². The van der Waals surface area contributed by atoms with Gasteiger partial charge in [0.05, 0.1) is 0 Å². The van der Waals surface area contributed by atoms with E-state index in [0.717, 1.165) is 13.0 Å². The van der Waals surface area contributed by atoms with Crippen LogP contribution in [0.2, 0.25) is 0 Å². The minimum Gasteiger partial charge on any atom is -0.320 e. The molecule has 0 radical (unpaired) electrons. The third-order valence-electron chi connectivity index (χ3n) is 4.40. The van der Waals surface area contributed by atoms with Gasteiger partial charge < -0.3 is 5.32 Å². The summed E-state index contributed by atoms with van der Waals surface area (Å²) in [5.41, 5.74) is 4.53. The zero-order valence-corrected chi connectivity index (χ0v) is 14.0. The van der Waals surface area contributed by atoms with Gasteiger partial charge in [-0.3, -0.25) is 0 Å². The molecule has 2 aromatic carbocycles. The average Bonchev–Trinajstić information content (AvgIpc) is 2.58. The molecule has 0 fully saturated rings. The highest BCUT2D eigenvalue weighted by Gasteiger charge is 2.13. The Bertz CT molecular complexity index is 533. The first-order valence-corrected chi connectivity index (χ1v) is 8.61. The van der Waals surface area contributed by atoms with E-state index in [4.69, 9.17) is 0 Å². The van der Waals surface area contributed by atoms with Gasteiger partial charge in [-0.2, -0.15) is 0 Å². The molecule has 0 aliphatic heterocycles. The van der Waals surface area contributed by atoms with Gasteiger partial charge in [0.15, 0.2) is 0 Å². The van der Waals surface area contributed by atoms with Crippen LogP contribution in [0, 0.1) is 0 Å². The van der Waals surface area contributed by atoms with Crippen molar-refractivity contribution >= 4 is 0 Å². The normalized spacial score (nSPS) is 12.3. The second-order valence-corrected chi connectivity index (χ2v) is 6.08. The molecule has 1 unspecified atom stereocenters. The molecule has 0 amide bonds. The SMILES string of the molecule is CCCCc1ccccc1CC(CCNC)c1ccccc1. The first kappa shape index (κ1) is 16.8. The van der Waals surface area contributed by atoms with Crippen molar-refractivity contribution < 1.29 is 0 Å². The van der Waals surface area contributed by atoms with Gasteiger partial charge in [0.2, 0.25) is 0 Å². The molecule has 0 aromatic heterocycles. The van der Waals surface area contributed by atoms with Crippen molar-refractivity contribution in [3.05, 3.63) is 71.3 Å². The fraction of sp³-hybridized carbons (Fsp3) is 0.429. The Kier molecular flexibility index (Phi) is 7.18. The third kappa shape index (κ3) is 4.99. The molecule has 0 bridgehead atoms. The molecule has 118 valence electrons. The van der Waals surface area contributed by atoms with Gasteiger partial charge >= 0.3 is 0 Å². The second kappa shape index (κ2) is 9.42. The summed E-state index contributed by atoms with van der Waals surface area (Å²) < 4.78 is 0. The van der Waals surface area contributed by atoms with Crippen molar-refractivity contribution in [2.45, 2.75) is 44.9 Å². The molecule has 2 rings (SSSR count). The van der Waals surface area contributed by atoms with E-state index in [-0.39, 0.29) is 0 Å². The van der Waals surface area contributed by atoms with Crippen LogP contribution in [-0.4, -0.2) is 13.6 Å². The molecule has 1 nitrogen and oxygen atoms in total. The van der Waals surface area contributed by atoms with E-state index < -0.39 is 0 Å². The maximum absolute atomic E-state index is 3.30. The first-order chi connectivity index (χ1) is 10.8. The van der Waals surface area contributed by atoms with Gasteiger partial charge in [0.1, 0.15) is 0 Å². The third-order valence-corrected chi connectivity index (χ3v) is 4.40. The molecule has 0 aliphatic carbocycles. The van der Waals surface area contributed by atoms with Crippen LogP contribution < -0.4 is 5.32 Å². The Morgan fingerprint density at radius 1 is 0.909 bits per heavy atom. The van der Waals surface area contributed by atoms with E-state index >= 15 is 0 Å². The van der Waals surface area contributed by atoms with Crippen LogP contribution in [0.5, 0.6) is 0 Å². The first-order valence-electron chi connectivity index (χ1n) is 8.61. The maximum Gasteiger partial charge on any atom is -0.00460 e. The van der Waals surface area contributed by atoms with Crippen LogP contribution in [0.4, 0.5) is 0 Å². The monoisotopic (exact) mass is 295 g/mol.